The number of aromatic hydroxyl groups is 1. The summed E-state index contributed by atoms with van der Waals surface area (Å²) in [6.07, 6.45) is 3.04. The second-order valence-electron chi connectivity index (χ2n) is 4.12. The van der Waals surface area contributed by atoms with Crippen molar-refractivity contribution >= 4 is 0 Å². The molecule has 3 N–H and O–H groups in total. The number of nitrogens with one attached hydrogen (secondary N) is 2. The molecule has 2 aromatic rings. The fourth-order valence-corrected chi connectivity index (χ4v) is 1.68. The lowest BCUT2D eigenvalue weighted by atomic mass is 10.2. The molecule has 0 saturated heterocycles. The van der Waals surface area contributed by atoms with Crippen molar-refractivity contribution < 1.29 is 13.9 Å². The van der Waals surface area contributed by atoms with Gasteiger partial charge in [0.2, 0.25) is 0 Å². The van der Waals surface area contributed by atoms with Crippen molar-refractivity contribution in [1.29, 1.82) is 0 Å². The van der Waals surface area contributed by atoms with Crippen molar-refractivity contribution in [2.75, 3.05) is 6.54 Å². The number of aromatic amines is 1. The third-order valence-corrected chi connectivity index (χ3v) is 2.64. The van der Waals surface area contributed by atoms with Gasteiger partial charge in [-0.25, -0.2) is 13.8 Å². The number of rotatable bonds is 6. The van der Waals surface area contributed by atoms with Crippen molar-refractivity contribution in [1.82, 2.24) is 20.5 Å². The molecule has 2 rings (SSSR count). The number of nitrogens with zero attached hydrogens (tertiary/aromatic N) is 2. The average molecular weight is 268 g/mol. The zero-order valence-corrected chi connectivity index (χ0v) is 10.2. The number of phenolic OH excluding ortho intramolecular Hbond substituents is 1. The second-order valence-corrected chi connectivity index (χ2v) is 4.12. The summed E-state index contributed by atoms with van der Waals surface area (Å²) in [7, 11) is 0. The first-order chi connectivity index (χ1) is 9.16. The van der Waals surface area contributed by atoms with Gasteiger partial charge in [-0.2, -0.15) is 5.10 Å². The Hall–Kier alpha value is -2.02. The summed E-state index contributed by atoms with van der Waals surface area (Å²) in [4.78, 5) is 3.98. The van der Waals surface area contributed by atoms with Crippen LogP contribution >= 0.6 is 0 Å². The molecule has 1 aromatic carbocycles. The van der Waals surface area contributed by atoms with Crippen molar-refractivity contribution in [3.8, 4) is 5.75 Å². The Morgan fingerprint density at radius 3 is 2.63 bits per heavy atom. The monoisotopic (exact) mass is 268 g/mol. The summed E-state index contributed by atoms with van der Waals surface area (Å²) < 4.78 is 26.1. The van der Waals surface area contributed by atoms with Crippen LogP contribution in [0.1, 0.15) is 17.8 Å². The molecular weight excluding hydrogens is 254 g/mol. The lowest BCUT2D eigenvalue weighted by Crippen LogP contribution is -2.15. The van der Waals surface area contributed by atoms with Crippen LogP contribution < -0.4 is 5.32 Å². The van der Waals surface area contributed by atoms with Crippen LogP contribution in [0.5, 0.6) is 5.75 Å². The van der Waals surface area contributed by atoms with E-state index in [9.17, 15) is 8.78 Å². The molecule has 0 unspecified atom stereocenters. The van der Waals surface area contributed by atoms with Gasteiger partial charge < -0.3 is 10.4 Å². The molecule has 7 heteroatoms. The highest BCUT2D eigenvalue weighted by Crippen LogP contribution is 2.21. The maximum absolute atomic E-state index is 13.1. The molecule has 0 aliphatic rings. The molecule has 5 nitrogen and oxygen atoms in total. The third kappa shape index (κ3) is 3.72. The van der Waals surface area contributed by atoms with E-state index in [0.29, 0.717) is 18.7 Å². The second kappa shape index (κ2) is 6.24. The van der Waals surface area contributed by atoms with Crippen LogP contribution in [0.25, 0.3) is 0 Å². The molecule has 0 bridgehead atoms. The molecule has 0 fully saturated rings. The molecule has 0 saturated carbocycles. The summed E-state index contributed by atoms with van der Waals surface area (Å²) in [5, 5.41) is 18.5. The van der Waals surface area contributed by atoms with Gasteiger partial charge in [0.25, 0.3) is 0 Å². The molecule has 0 amide bonds. The van der Waals surface area contributed by atoms with E-state index in [1.54, 1.807) is 0 Å². The van der Waals surface area contributed by atoms with Crippen molar-refractivity contribution in [3.63, 3.8) is 0 Å². The summed E-state index contributed by atoms with van der Waals surface area (Å²) in [6, 6.07) is 2.23. The van der Waals surface area contributed by atoms with Gasteiger partial charge in [-0.05, 0) is 30.7 Å². The number of halogens is 2. The first-order valence-electron chi connectivity index (χ1n) is 5.88. The standard InChI is InChI=1S/C12H14F2N4O/c13-9-4-8(5-10(14)12(9)19)6-15-3-1-2-11-16-7-17-18-11/h4-5,7,15,19H,1-3,6H2,(H,16,17,18). The smallest absolute Gasteiger partial charge is 0.187 e. The van der Waals surface area contributed by atoms with Gasteiger partial charge in [0, 0.05) is 13.0 Å². The summed E-state index contributed by atoms with van der Waals surface area (Å²) >= 11 is 0. The Bertz CT molecular complexity index is 508. The highest BCUT2D eigenvalue weighted by atomic mass is 19.1. The summed E-state index contributed by atoms with van der Waals surface area (Å²) in [6.45, 7) is 1.02. The van der Waals surface area contributed by atoms with Gasteiger partial charge >= 0.3 is 0 Å². The first kappa shape index (κ1) is 13.4. The van der Waals surface area contributed by atoms with Crippen molar-refractivity contribution in [2.45, 2.75) is 19.4 Å². The Labute approximate surface area is 108 Å². The summed E-state index contributed by atoms with van der Waals surface area (Å²) in [5.74, 6) is -2.02. The van der Waals surface area contributed by atoms with Gasteiger partial charge in [-0.3, -0.25) is 5.10 Å². The van der Waals surface area contributed by atoms with Gasteiger partial charge in [0.1, 0.15) is 12.2 Å². The summed E-state index contributed by atoms with van der Waals surface area (Å²) in [5.41, 5.74) is 0.451. The topological polar surface area (TPSA) is 73.8 Å². The molecule has 0 atom stereocenters. The number of hydrogen-bond acceptors (Lipinski definition) is 4. The molecule has 0 spiro atoms. The zero-order chi connectivity index (χ0) is 13.7. The van der Waals surface area contributed by atoms with E-state index in [4.69, 9.17) is 5.11 Å². The van der Waals surface area contributed by atoms with Crippen LogP contribution in [0, 0.1) is 11.6 Å². The van der Waals surface area contributed by atoms with Crippen LogP contribution in [-0.2, 0) is 13.0 Å². The molecule has 0 aliphatic carbocycles. The van der Waals surface area contributed by atoms with E-state index in [-0.39, 0.29) is 0 Å². The molecule has 19 heavy (non-hydrogen) atoms. The lowest BCUT2D eigenvalue weighted by Gasteiger charge is -2.06. The number of phenols is 1. The predicted octanol–water partition coefficient (Wildman–Crippen LogP) is 1.51. The van der Waals surface area contributed by atoms with Crippen molar-refractivity contribution in [2.24, 2.45) is 0 Å². The van der Waals surface area contributed by atoms with Crippen LogP contribution in [-0.4, -0.2) is 26.8 Å². The minimum atomic E-state index is -0.946. The Morgan fingerprint density at radius 1 is 1.26 bits per heavy atom. The fourth-order valence-electron chi connectivity index (χ4n) is 1.68. The van der Waals surface area contributed by atoms with Crippen LogP contribution in [0.2, 0.25) is 0 Å². The predicted molar refractivity (Wildman–Crippen MR) is 64.4 cm³/mol. The van der Waals surface area contributed by atoms with E-state index >= 15 is 0 Å². The largest absolute Gasteiger partial charge is 0.503 e. The Kier molecular flexibility index (Phi) is 4.40. The number of H-pyrrole nitrogens is 1. The van der Waals surface area contributed by atoms with Gasteiger partial charge in [0.05, 0.1) is 0 Å². The number of aromatic nitrogens is 3. The normalized spacial score (nSPS) is 10.8. The molecule has 1 aromatic heterocycles. The van der Waals surface area contributed by atoms with E-state index in [2.05, 4.69) is 20.5 Å². The number of aryl methyl sites for hydroxylation is 1. The number of benzene rings is 1. The van der Waals surface area contributed by atoms with Gasteiger partial charge in [-0.15, -0.1) is 0 Å². The minimum absolute atomic E-state index is 0.338. The number of hydrogen-bond donors (Lipinski definition) is 3. The lowest BCUT2D eigenvalue weighted by molar-refractivity contribution is 0.395. The Balaban J connectivity index is 1.74. The first-order valence-corrected chi connectivity index (χ1v) is 5.88. The molecule has 0 aliphatic heterocycles. The van der Waals surface area contributed by atoms with Gasteiger partial charge in [-0.1, -0.05) is 0 Å². The SMILES string of the molecule is Oc1c(F)cc(CNCCCc2ncn[nH]2)cc1F. The van der Waals surface area contributed by atoms with E-state index in [0.717, 1.165) is 30.8 Å². The highest BCUT2D eigenvalue weighted by Gasteiger charge is 2.08. The minimum Gasteiger partial charge on any atom is -0.503 e. The molecule has 1 heterocycles. The van der Waals surface area contributed by atoms with Crippen LogP contribution in [0.4, 0.5) is 8.78 Å². The van der Waals surface area contributed by atoms with Crippen LogP contribution in [0.15, 0.2) is 18.5 Å². The maximum Gasteiger partial charge on any atom is 0.187 e. The van der Waals surface area contributed by atoms with Crippen molar-refractivity contribution in [3.05, 3.63) is 41.5 Å². The highest BCUT2D eigenvalue weighted by molar-refractivity contribution is 5.29. The molecular formula is C12H14F2N4O. The zero-order valence-electron chi connectivity index (χ0n) is 10.2. The third-order valence-electron chi connectivity index (χ3n) is 2.64. The molecule has 102 valence electrons. The Morgan fingerprint density at radius 2 is 2.00 bits per heavy atom. The fraction of sp³-hybridized carbons (Fsp3) is 0.333. The maximum atomic E-state index is 13.1. The van der Waals surface area contributed by atoms with Gasteiger partial charge in [0.15, 0.2) is 17.4 Å². The quantitative estimate of drug-likeness (QED) is 0.694. The average Bonchev–Trinajstić information content (AvgIpc) is 2.88. The van der Waals surface area contributed by atoms with E-state index < -0.39 is 17.4 Å². The van der Waals surface area contributed by atoms with E-state index in [1.165, 1.54) is 6.33 Å². The van der Waals surface area contributed by atoms with E-state index in [1.807, 2.05) is 0 Å². The van der Waals surface area contributed by atoms with Crippen LogP contribution in [0.3, 0.4) is 0 Å². The molecule has 0 radical (unpaired) electrons.